The Labute approximate surface area is 334 Å². The molecule has 1 saturated heterocycles. The van der Waals surface area contributed by atoms with E-state index in [1.54, 1.807) is 33.9 Å². The topological polar surface area (TPSA) is 180 Å². The van der Waals surface area contributed by atoms with Crippen LogP contribution in [0.2, 0.25) is 0 Å². The Morgan fingerprint density at radius 1 is 1.12 bits per heavy atom. The summed E-state index contributed by atoms with van der Waals surface area (Å²) >= 11 is 0. The lowest BCUT2D eigenvalue weighted by molar-refractivity contribution is -0.159. The molecule has 3 fully saturated rings. The molecule has 0 unspecified atom stereocenters. The van der Waals surface area contributed by atoms with Crippen molar-refractivity contribution < 1.29 is 41.5 Å². The Hall–Kier alpha value is -4.53. The first kappa shape index (κ1) is 40.7. The summed E-state index contributed by atoms with van der Waals surface area (Å²) in [5.74, 6) is -2.54. The average Bonchev–Trinajstić information content (AvgIpc) is 3.77. The van der Waals surface area contributed by atoms with Gasteiger partial charge in [-0.2, -0.15) is 4.98 Å². The van der Waals surface area contributed by atoms with Crippen molar-refractivity contribution in [3.05, 3.63) is 42.8 Å². The number of carbonyl (C=O) groups excluding carboxylic acids is 4. The second-order valence-electron chi connectivity index (χ2n) is 17.9. The molecule has 2 saturated carbocycles. The fourth-order valence-corrected chi connectivity index (χ4v) is 9.69. The molecule has 0 spiro atoms. The summed E-state index contributed by atoms with van der Waals surface area (Å²) in [6.45, 7) is 11.0. The van der Waals surface area contributed by atoms with E-state index in [4.69, 9.17) is 18.9 Å². The zero-order chi connectivity index (χ0) is 40.9. The zero-order valence-electron chi connectivity index (χ0n) is 33.8. The molecule has 0 radical (unpaired) electrons. The third kappa shape index (κ3) is 8.40. The first-order chi connectivity index (χ1) is 26.9. The van der Waals surface area contributed by atoms with Gasteiger partial charge >= 0.3 is 5.97 Å². The molecule has 5 atom stereocenters. The summed E-state index contributed by atoms with van der Waals surface area (Å²) in [5.41, 5.74) is 0.0929. The number of nitrogens with zero attached hydrogens (tertiary/aromatic N) is 4. The van der Waals surface area contributed by atoms with Gasteiger partial charge in [-0.1, -0.05) is 31.1 Å². The Morgan fingerprint density at radius 3 is 2.58 bits per heavy atom. The molecule has 57 heavy (non-hydrogen) atoms. The van der Waals surface area contributed by atoms with Gasteiger partial charge in [0.1, 0.15) is 23.5 Å². The van der Waals surface area contributed by atoms with E-state index < -0.39 is 55.7 Å². The molecule has 15 heteroatoms. The predicted molar refractivity (Wildman–Crippen MR) is 211 cm³/mol. The van der Waals surface area contributed by atoms with Gasteiger partial charge in [0.25, 0.3) is 6.01 Å². The quantitative estimate of drug-likeness (QED) is 0.185. The number of oxazole rings is 1. The Balaban J connectivity index is 1.22. The van der Waals surface area contributed by atoms with Gasteiger partial charge in [0.2, 0.25) is 27.7 Å². The summed E-state index contributed by atoms with van der Waals surface area (Å²) < 4.78 is 47.7. The molecule has 1 aromatic carbocycles. The number of allylic oxidation sites excluding steroid dienone is 2. The molecule has 4 aliphatic rings. The predicted octanol–water partition coefficient (Wildman–Crippen LogP) is 6.45. The van der Waals surface area contributed by atoms with E-state index in [0.717, 1.165) is 24.8 Å². The number of amides is 2. The van der Waals surface area contributed by atoms with E-state index in [1.807, 2.05) is 48.8 Å². The van der Waals surface area contributed by atoms with Crippen LogP contribution in [0.1, 0.15) is 118 Å². The van der Waals surface area contributed by atoms with Crippen LogP contribution in [-0.4, -0.2) is 80.5 Å². The van der Waals surface area contributed by atoms with Crippen LogP contribution in [0.25, 0.3) is 22.5 Å². The van der Waals surface area contributed by atoms with Gasteiger partial charge in [-0.3, -0.25) is 28.5 Å². The van der Waals surface area contributed by atoms with Crippen LogP contribution in [0.3, 0.4) is 0 Å². The molecular weight excluding hydrogens is 751 g/mol. The van der Waals surface area contributed by atoms with Crippen molar-refractivity contribution in [1.82, 2.24) is 24.2 Å². The van der Waals surface area contributed by atoms with Gasteiger partial charge in [-0.15, -0.1) is 0 Å². The van der Waals surface area contributed by atoms with Crippen molar-refractivity contribution in [2.75, 3.05) is 6.54 Å². The lowest BCUT2D eigenvalue weighted by Crippen LogP contribution is -2.47. The highest BCUT2D eigenvalue weighted by Crippen LogP contribution is 2.57. The highest BCUT2D eigenvalue weighted by Gasteiger charge is 2.62. The molecule has 4 heterocycles. The lowest BCUT2D eigenvalue weighted by atomic mass is 9.90. The Kier molecular flexibility index (Phi) is 10.9. The average molecular weight is 806 g/mol. The smallest absolute Gasteiger partial charge is 0.307 e. The number of rotatable bonds is 9. The largest absolute Gasteiger partial charge is 0.460 e. The number of carbonyl (C=O) groups is 4. The molecule has 1 N–H and O–H groups in total. The van der Waals surface area contributed by atoms with Crippen LogP contribution in [-0.2, 0) is 33.9 Å². The number of fused-ring (bicyclic) bond motifs is 3. The van der Waals surface area contributed by atoms with Gasteiger partial charge in [-0.05, 0) is 98.1 Å². The van der Waals surface area contributed by atoms with Gasteiger partial charge in [0.05, 0.1) is 46.4 Å². The number of hydrogen-bond donors (Lipinski definition) is 1. The van der Waals surface area contributed by atoms with Crippen LogP contribution in [0.4, 0.5) is 0 Å². The van der Waals surface area contributed by atoms with E-state index >= 15 is 0 Å². The molecule has 2 amide bonds. The van der Waals surface area contributed by atoms with Gasteiger partial charge in [-0.25, -0.2) is 13.4 Å². The number of Topliss-reactive ketones (excluding diaryl/α,β-unsaturated/α-hetero) is 1. The van der Waals surface area contributed by atoms with E-state index in [1.165, 1.54) is 11.2 Å². The highest BCUT2D eigenvalue weighted by molar-refractivity contribution is 7.91. The summed E-state index contributed by atoms with van der Waals surface area (Å²) in [6, 6.07) is 4.93. The number of hydrogen-bond acceptors (Lipinski definition) is 11. The first-order valence-corrected chi connectivity index (χ1v) is 21.8. The summed E-state index contributed by atoms with van der Waals surface area (Å²) in [4.78, 5) is 67.3. The summed E-state index contributed by atoms with van der Waals surface area (Å²) in [6.07, 6.45) is 10.8. The number of imidazole rings is 1. The number of ketones is 1. The fraction of sp³-hybridized carbons (Fsp3) is 0.619. The Bertz CT molecular complexity index is 2170. The monoisotopic (exact) mass is 805 g/mol. The van der Waals surface area contributed by atoms with Crippen molar-refractivity contribution >= 4 is 44.6 Å². The van der Waals surface area contributed by atoms with Crippen LogP contribution >= 0.6 is 0 Å². The molecular formula is C42H55N5O9S. The van der Waals surface area contributed by atoms with Crippen LogP contribution < -0.4 is 9.46 Å². The zero-order valence-corrected chi connectivity index (χ0v) is 34.6. The number of ether oxygens (including phenoxy) is 2. The van der Waals surface area contributed by atoms with E-state index in [9.17, 15) is 27.6 Å². The van der Waals surface area contributed by atoms with Gasteiger partial charge in [0.15, 0.2) is 5.78 Å². The van der Waals surface area contributed by atoms with E-state index in [2.05, 4.69) is 9.71 Å². The van der Waals surface area contributed by atoms with Crippen LogP contribution in [0.15, 0.2) is 47.2 Å². The van der Waals surface area contributed by atoms with Crippen LogP contribution in [0, 0.1) is 17.3 Å². The number of aromatic nitrogens is 3. The Morgan fingerprint density at radius 2 is 1.89 bits per heavy atom. The molecule has 7 rings (SSSR count). The maximum Gasteiger partial charge on any atom is 0.307 e. The normalized spacial score (nSPS) is 27.2. The number of nitrogens with one attached hydrogen (secondary N) is 1. The lowest BCUT2D eigenvalue weighted by Gasteiger charge is -2.29. The summed E-state index contributed by atoms with van der Waals surface area (Å²) in [5, 5.41) is 0. The molecule has 2 aliphatic carbocycles. The minimum Gasteiger partial charge on any atom is -0.460 e. The number of sulfonamides is 1. The summed E-state index contributed by atoms with van der Waals surface area (Å²) in [7, 11) is -3.95. The minimum absolute atomic E-state index is 0.0449. The molecule has 2 aromatic heterocycles. The molecule has 0 bridgehead atoms. The maximum atomic E-state index is 14.7. The van der Waals surface area contributed by atoms with Crippen molar-refractivity contribution in [3.8, 4) is 17.5 Å². The molecule has 3 aromatic rings. The van der Waals surface area contributed by atoms with Crippen molar-refractivity contribution in [3.63, 3.8) is 0 Å². The van der Waals surface area contributed by atoms with Crippen molar-refractivity contribution in [2.24, 2.45) is 17.3 Å². The standard InChI is InChI=1S/C42H55N5O9S/c1-26(2)47-31-16-12-15-30(36-43-19-20-54-36)35(31)44-39(47)55-29-22-32-33(48)24-42(38(51)45-57(52,53)41(6)17-18-41)23-28(42)14-11-9-7-8-10-13-27(37(50)46(32)25-29)21-34(49)56-40(3,4)5/h11-12,14-16,19-20,26-29,32H,7-10,13,17-18,21-25H2,1-6H3,(H,45,51)/b14-11-/t27-,28+,29-,32+,42-/m1/s1. The minimum atomic E-state index is -3.95. The second-order valence-corrected chi connectivity index (χ2v) is 20.1. The molecule has 2 aliphatic heterocycles. The number of esters is 1. The molecule has 14 nitrogen and oxygen atoms in total. The van der Waals surface area contributed by atoms with Crippen molar-refractivity contribution in [1.29, 1.82) is 0 Å². The second kappa shape index (κ2) is 15.3. The SMILES string of the molecule is CC(C)n1c(O[C@@H]2C[C@H]3C(=O)C[C@]4(C(=O)NS(=O)(=O)C5(C)CC5)C[C@@H]4/C=C\CCCCC[C@H](CC(=O)OC(C)(C)C)C(=O)N3C2)nc2c(-c3ncco3)cccc21. The third-order valence-corrected chi connectivity index (χ3v) is 14.1. The van der Waals surface area contributed by atoms with E-state index in [0.29, 0.717) is 55.1 Å². The fourth-order valence-electron chi connectivity index (χ4n) is 8.36. The van der Waals surface area contributed by atoms with Crippen LogP contribution in [0.5, 0.6) is 6.01 Å². The van der Waals surface area contributed by atoms with Gasteiger partial charge < -0.3 is 18.8 Å². The number of para-hydroxylation sites is 1. The first-order valence-electron chi connectivity index (χ1n) is 20.3. The highest BCUT2D eigenvalue weighted by atomic mass is 32.2. The number of benzene rings is 1. The van der Waals surface area contributed by atoms with E-state index in [-0.39, 0.29) is 49.5 Å². The molecule has 308 valence electrons. The third-order valence-electron chi connectivity index (χ3n) is 11.9. The van der Waals surface area contributed by atoms with Gasteiger partial charge in [0, 0.05) is 24.8 Å². The van der Waals surface area contributed by atoms with Crippen molar-refractivity contribution in [2.45, 2.75) is 141 Å². The maximum absolute atomic E-state index is 14.7.